The zero-order valence-electron chi connectivity index (χ0n) is 9.28. The van der Waals surface area contributed by atoms with Gasteiger partial charge in [0.25, 0.3) is 0 Å². The summed E-state index contributed by atoms with van der Waals surface area (Å²) in [5, 5.41) is 6.33. The lowest BCUT2D eigenvalue weighted by Gasteiger charge is -2.23. The normalized spacial score (nSPS) is 13.5. The molecular formula is C10H19ClN2O. The number of carbonyl (C=O) groups is 1. The number of amides is 1. The maximum atomic E-state index is 11.5. The average molecular weight is 219 g/mol. The monoisotopic (exact) mass is 218 g/mol. The first-order valence-corrected chi connectivity index (χ1v) is 4.99. The van der Waals surface area contributed by atoms with Crippen LogP contribution in [0.15, 0.2) is 11.6 Å². The summed E-state index contributed by atoms with van der Waals surface area (Å²) in [6.45, 7) is 11.6. The molecule has 1 unspecified atom stereocenters. The molecule has 0 aromatic rings. The Bertz CT molecular complexity index is 221. The Morgan fingerprint density at radius 2 is 2.00 bits per heavy atom. The Balaban J connectivity index is 3.94. The fourth-order valence-corrected chi connectivity index (χ4v) is 0.912. The molecule has 3 nitrogen and oxygen atoms in total. The quantitative estimate of drug-likeness (QED) is 0.753. The van der Waals surface area contributed by atoms with Crippen molar-refractivity contribution in [1.82, 2.24) is 10.6 Å². The number of halogens is 1. The van der Waals surface area contributed by atoms with Gasteiger partial charge in [-0.25, -0.2) is 0 Å². The molecule has 0 radical (unpaired) electrons. The Morgan fingerprint density at radius 3 is 2.36 bits per heavy atom. The number of nitrogens with one attached hydrogen (secondary N) is 2. The summed E-state index contributed by atoms with van der Waals surface area (Å²) in [6.07, 6.45) is 0. The first kappa shape index (κ1) is 13.5. The molecule has 0 saturated heterocycles. The van der Waals surface area contributed by atoms with E-state index in [0.717, 1.165) is 0 Å². The van der Waals surface area contributed by atoms with Gasteiger partial charge in [0.05, 0.1) is 6.04 Å². The summed E-state index contributed by atoms with van der Waals surface area (Å²) < 4.78 is 0. The van der Waals surface area contributed by atoms with Gasteiger partial charge in [-0.3, -0.25) is 4.79 Å². The highest BCUT2D eigenvalue weighted by Gasteiger charge is 2.18. The first-order valence-electron chi connectivity index (χ1n) is 4.61. The molecule has 2 N–H and O–H groups in total. The van der Waals surface area contributed by atoms with E-state index in [1.165, 1.54) is 0 Å². The SMILES string of the molecule is C=C(Cl)CNC(C)C(=O)NC(C)(C)C. The van der Waals surface area contributed by atoms with E-state index in [9.17, 15) is 4.79 Å². The molecule has 14 heavy (non-hydrogen) atoms. The first-order chi connectivity index (χ1) is 6.22. The number of hydrogen-bond acceptors (Lipinski definition) is 2. The third-order valence-corrected chi connectivity index (χ3v) is 1.63. The summed E-state index contributed by atoms with van der Waals surface area (Å²) in [6, 6.07) is -0.260. The average Bonchev–Trinajstić information content (AvgIpc) is 1.96. The van der Waals surface area contributed by atoms with Crippen molar-refractivity contribution < 1.29 is 4.79 Å². The largest absolute Gasteiger partial charge is 0.350 e. The van der Waals surface area contributed by atoms with Crippen LogP contribution in [-0.4, -0.2) is 24.0 Å². The molecule has 0 rings (SSSR count). The minimum atomic E-state index is -0.260. The highest BCUT2D eigenvalue weighted by molar-refractivity contribution is 6.29. The third kappa shape index (κ3) is 6.92. The van der Waals surface area contributed by atoms with Gasteiger partial charge in [-0.2, -0.15) is 0 Å². The van der Waals surface area contributed by atoms with E-state index in [2.05, 4.69) is 17.2 Å². The van der Waals surface area contributed by atoms with E-state index < -0.39 is 0 Å². The second-order valence-corrected chi connectivity index (χ2v) is 4.89. The van der Waals surface area contributed by atoms with Gasteiger partial charge in [0.1, 0.15) is 0 Å². The van der Waals surface area contributed by atoms with E-state index in [1.807, 2.05) is 20.8 Å². The van der Waals surface area contributed by atoms with Crippen LogP contribution in [0.4, 0.5) is 0 Å². The Labute approximate surface area is 90.9 Å². The minimum Gasteiger partial charge on any atom is -0.350 e. The molecule has 0 aromatic carbocycles. The zero-order chi connectivity index (χ0) is 11.4. The summed E-state index contributed by atoms with van der Waals surface area (Å²) in [4.78, 5) is 11.5. The van der Waals surface area contributed by atoms with Crippen molar-refractivity contribution in [3.8, 4) is 0 Å². The molecular weight excluding hydrogens is 200 g/mol. The van der Waals surface area contributed by atoms with Crippen molar-refractivity contribution in [2.45, 2.75) is 39.3 Å². The Morgan fingerprint density at radius 1 is 1.50 bits per heavy atom. The maximum absolute atomic E-state index is 11.5. The highest BCUT2D eigenvalue weighted by Crippen LogP contribution is 2.00. The maximum Gasteiger partial charge on any atom is 0.237 e. The van der Waals surface area contributed by atoms with Gasteiger partial charge in [0.15, 0.2) is 0 Å². The molecule has 1 atom stereocenters. The van der Waals surface area contributed by atoms with Crippen molar-refractivity contribution in [1.29, 1.82) is 0 Å². The van der Waals surface area contributed by atoms with Crippen LogP contribution < -0.4 is 10.6 Å². The van der Waals surface area contributed by atoms with E-state index in [4.69, 9.17) is 11.6 Å². The van der Waals surface area contributed by atoms with Crippen LogP contribution in [0.1, 0.15) is 27.7 Å². The van der Waals surface area contributed by atoms with Crippen LogP contribution in [0.25, 0.3) is 0 Å². The molecule has 0 fully saturated rings. The number of hydrogen-bond donors (Lipinski definition) is 2. The molecule has 1 amide bonds. The van der Waals surface area contributed by atoms with Gasteiger partial charge in [-0.15, -0.1) is 0 Å². The van der Waals surface area contributed by atoms with Crippen LogP contribution in [0.2, 0.25) is 0 Å². The van der Waals surface area contributed by atoms with Crippen LogP contribution in [0.3, 0.4) is 0 Å². The van der Waals surface area contributed by atoms with Crippen LogP contribution >= 0.6 is 11.6 Å². The van der Waals surface area contributed by atoms with Crippen LogP contribution in [0, 0.1) is 0 Å². The predicted molar refractivity (Wildman–Crippen MR) is 60.4 cm³/mol. The van der Waals surface area contributed by atoms with Gasteiger partial charge in [0.2, 0.25) is 5.91 Å². The summed E-state index contributed by atoms with van der Waals surface area (Å²) >= 11 is 5.57. The van der Waals surface area contributed by atoms with E-state index in [-0.39, 0.29) is 17.5 Å². The van der Waals surface area contributed by atoms with Crippen molar-refractivity contribution in [3.63, 3.8) is 0 Å². The predicted octanol–water partition coefficient (Wildman–Crippen LogP) is 1.63. The van der Waals surface area contributed by atoms with Gasteiger partial charge in [-0.1, -0.05) is 18.2 Å². The summed E-state index contributed by atoms with van der Waals surface area (Å²) in [7, 11) is 0. The summed E-state index contributed by atoms with van der Waals surface area (Å²) in [5.41, 5.74) is -0.203. The zero-order valence-corrected chi connectivity index (χ0v) is 10.0. The van der Waals surface area contributed by atoms with E-state index in [1.54, 1.807) is 6.92 Å². The number of rotatable bonds is 4. The summed E-state index contributed by atoms with van der Waals surface area (Å²) in [5.74, 6) is -0.0320. The van der Waals surface area contributed by atoms with Crippen molar-refractivity contribution in [2.24, 2.45) is 0 Å². The molecule has 0 saturated carbocycles. The van der Waals surface area contributed by atoms with Crippen molar-refractivity contribution in [2.75, 3.05) is 6.54 Å². The van der Waals surface area contributed by atoms with Crippen molar-refractivity contribution >= 4 is 17.5 Å². The van der Waals surface area contributed by atoms with Crippen molar-refractivity contribution in [3.05, 3.63) is 11.6 Å². The molecule has 0 bridgehead atoms. The lowest BCUT2D eigenvalue weighted by molar-refractivity contribution is -0.124. The smallest absolute Gasteiger partial charge is 0.237 e. The fraction of sp³-hybridized carbons (Fsp3) is 0.700. The molecule has 82 valence electrons. The van der Waals surface area contributed by atoms with Gasteiger partial charge < -0.3 is 10.6 Å². The fourth-order valence-electron chi connectivity index (χ4n) is 0.834. The Kier molecular flexibility index (Phi) is 5.16. The van der Waals surface area contributed by atoms with Gasteiger partial charge >= 0.3 is 0 Å². The van der Waals surface area contributed by atoms with Gasteiger partial charge in [-0.05, 0) is 27.7 Å². The molecule has 4 heteroatoms. The lowest BCUT2D eigenvalue weighted by atomic mass is 10.1. The second-order valence-electron chi connectivity index (χ2n) is 4.36. The highest BCUT2D eigenvalue weighted by atomic mass is 35.5. The molecule has 0 aliphatic heterocycles. The third-order valence-electron chi connectivity index (χ3n) is 1.49. The molecule has 0 aliphatic carbocycles. The van der Waals surface area contributed by atoms with Gasteiger partial charge in [0, 0.05) is 17.1 Å². The second kappa shape index (κ2) is 5.37. The Hall–Kier alpha value is -0.540. The van der Waals surface area contributed by atoms with Crippen LogP contribution in [0.5, 0.6) is 0 Å². The topological polar surface area (TPSA) is 41.1 Å². The van der Waals surface area contributed by atoms with E-state index in [0.29, 0.717) is 11.6 Å². The van der Waals surface area contributed by atoms with E-state index >= 15 is 0 Å². The number of carbonyl (C=O) groups excluding carboxylic acids is 1. The van der Waals surface area contributed by atoms with Crippen LogP contribution in [-0.2, 0) is 4.79 Å². The molecule has 0 heterocycles. The molecule has 0 spiro atoms. The molecule has 0 aromatic heterocycles. The standard InChI is InChI=1S/C10H19ClN2O/c1-7(11)6-12-8(2)9(14)13-10(3,4)5/h8,12H,1,6H2,2-5H3,(H,13,14). The molecule has 0 aliphatic rings. The lowest BCUT2D eigenvalue weighted by Crippen LogP contribution is -2.49. The minimum absolute atomic E-state index is 0.0320.